The number of ether oxygens (including phenoxy) is 2. The van der Waals surface area contributed by atoms with Gasteiger partial charge in [0.25, 0.3) is 0 Å². The van der Waals surface area contributed by atoms with Gasteiger partial charge in [-0.25, -0.2) is 4.98 Å². The Hall–Kier alpha value is -3.54. The van der Waals surface area contributed by atoms with Crippen LogP contribution in [0.5, 0.6) is 17.2 Å². The zero-order valence-electron chi connectivity index (χ0n) is 19.4. The second kappa shape index (κ2) is 10.2. The monoisotopic (exact) mass is 523 g/mol. The molecule has 0 spiro atoms. The summed E-state index contributed by atoms with van der Waals surface area (Å²) >= 11 is 1.16. The number of hydrogen-bond donors (Lipinski definition) is 3. The van der Waals surface area contributed by atoms with Crippen LogP contribution in [0.25, 0.3) is 22.2 Å². The zero-order chi connectivity index (χ0) is 23.8. The van der Waals surface area contributed by atoms with Crippen LogP contribution < -0.4 is 24.4 Å². The molecule has 0 bridgehead atoms. The van der Waals surface area contributed by atoms with Gasteiger partial charge in [0.05, 0.1) is 0 Å². The van der Waals surface area contributed by atoms with E-state index in [1.165, 1.54) is 0 Å². The lowest BCUT2D eigenvalue weighted by Gasteiger charge is -2.17. The Bertz CT molecular complexity index is 1390. The van der Waals surface area contributed by atoms with Gasteiger partial charge in [-0.05, 0) is 60.4 Å². The van der Waals surface area contributed by atoms with E-state index in [4.69, 9.17) is 13.7 Å². The number of hydrazine groups is 1. The van der Waals surface area contributed by atoms with E-state index in [-0.39, 0.29) is 32.1 Å². The van der Waals surface area contributed by atoms with Crippen LogP contribution in [0, 0.1) is 5.92 Å². The second-order valence-electron chi connectivity index (χ2n) is 8.42. The van der Waals surface area contributed by atoms with E-state index in [1.54, 1.807) is 10.5 Å². The van der Waals surface area contributed by atoms with Crippen LogP contribution in [0.15, 0.2) is 60.8 Å². The molecule has 2 aromatic heterocycles. The molecule has 6 rings (SSSR count). The molecule has 186 valence electrons. The highest BCUT2D eigenvalue weighted by molar-refractivity contribution is 7.92. The van der Waals surface area contributed by atoms with Gasteiger partial charge in [0, 0.05) is 36.3 Å². The number of benzene rings is 2. The molecule has 1 fully saturated rings. The van der Waals surface area contributed by atoms with Crippen LogP contribution in [0.1, 0.15) is 12.8 Å². The first kappa shape index (κ1) is 24.2. The van der Waals surface area contributed by atoms with Gasteiger partial charge in [0.2, 0.25) is 12.7 Å². The van der Waals surface area contributed by atoms with Crippen molar-refractivity contribution in [2.45, 2.75) is 12.8 Å². The number of fused-ring (bicyclic) bond motifs is 2. The lowest BCUT2D eigenvalue weighted by atomic mass is 10.0. The Balaban J connectivity index is 0.00000267. The highest BCUT2D eigenvalue weighted by atomic mass is 32.2. The minimum Gasteiger partial charge on any atom is -0.454 e. The third-order valence-electron chi connectivity index (χ3n) is 5.80. The molecule has 11 heteroatoms. The number of rotatable bonds is 8. The number of nitrogens with one attached hydrogen (secondary N) is 3. The predicted molar refractivity (Wildman–Crippen MR) is 145 cm³/mol. The maximum Gasteiger partial charge on any atom is 0.231 e. The average molecular weight is 524 g/mol. The number of H-pyrrole nitrogens is 1. The SMILES string of the molecule is CN(Nc1ccc(-c2cc(NC(=O)C3CC3)nc3[nH]ccc23)cc1)SOc1ccc2c(c1)OCO2.S. The van der Waals surface area contributed by atoms with E-state index >= 15 is 0 Å². The predicted octanol–water partition coefficient (Wildman–Crippen LogP) is 5.32. The van der Waals surface area contributed by atoms with Crippen molar-refractivity contribution < 1.29 is 18.5 Å². The lowest BCUT2D eigenvalue weighted by Crippen LogP contribution is -2.18. The van der Waals surface area contributed by atoms with Crippen LogP contribution in [0.4, 0.5) is 11.5 Å². The van der Waals surface area contributed by atoms with Gasteiger partial charge in [-0.3, -0.25) is 4.79 Å². The van der Waals surface area contributed by atoms with Gasteiger partial charge in [-0.1, -0.05) is 12.1 Å². The van der Waals surface area contributed by atoms with Crippen LogP contribution in [0.3, 0.4) is 0 Å². The number of amides is 1. The maximum absolute atomic E-state index is 12.2. The number of anilines is 2. The van der Waals surface area contributed by atoms with Gasteiger partial charge >= 0.3 is 0 Å². The zero-order valence-corrected chi connectivity index (χ0v) is 21.2. The van der Waals surface area contributed by atoms with Crippen molar-refractivity contribution in [3.63, 3.8) is 0 Å². The molecule has 9 nitrogen and oxygen atoms in total. The average Bonchev–Trinajstić information content (AvgIpc) is 3.43. The smallest absolute Gasteiger partial charge is 0.231 e. The van der Waals surface area contributed by atoms with Gasteiger partial charge in [-0.2, -0.15) is 13.5 Å². The van der Waals surface area contributed by atoms with Crippen molar-refractivity contribution in [2.24, 2.45) is 5.92 Å². The Labute approximate surface area is 219 Å². The van der Waals surface area contributed by atoms with Gasteiger partial charge in [-0.15, -0.1) is 4.41 Å². The molecule has 0 radical (unpaired) electrons. The highest BCUT2D eigenvalue weighted by Crippen LogP contribution is 2.36. The molecule has 1 saturated carbocycles. The van der Waals surface area contributed by atoms with Gasteiger partial charge in [0.15, 0.2) is 23.7 Å². The first-order chi connectivity index (χ1) is 17.1. The Kier molecular flexibility index (Phi) is 6.86. The molecular formula is C25H25N5O4S2. The van der Waals surface area contributed by atoms with Crippen molar-refractivity contribution in [1.29, 1.82) is 0 Å². The lowest BCUT2D eigenvalue weighted by molar-refractivity contribution is -0.117. The summed E-state index contributed by atoms with van der Waals surface area (Å²) in [7, 11) is 1.87. The molecule has 0 atom stereocenters. The fraction of sp³-hybridized carbons (Fsp3) is 0.200. The summed E-state index contributed by atoms with van der Waals surface area (Å²) in [5.74, 6) is 2.78. The van der Waals surface area contributed by atoms with Crippen LogP contribution in [0.2, 0.25) is 0 Å². The van der Waals surface area contributed by atoms with Gasteiger partial charge in [0.1, 0.15) is 17.2 Å². The Morgan fingerprint density at radius 3 is 2.72 bits per heavy atom. The standard InChI is InChI=1S/C25H23N5O4S.H2S/c1-30(35-34-18-8-9-21-22(12-18)33-14-32-21)29-17-6-4-15(5-7-17)20-13-23(28-25(31)16-2-3-16)27-24-19(20)10-11-26-24;/h4-13,16,29H,2-3,14H2,1H3,(H2,26,27,28,31);1H2. The molecule has 0 saturated heterocycles. The van der Waals surface area contributed by atoms with Crippen molar-refractivity contribution in [2.75, 3.05) is 24.6 Å². The number of hydrogen-bond acceptors (Lipinski definition) is 8. The number of nitrogens with zero attached hydrogens (tertiary/aromatic N) is 2. The number of carbonyl (C=O) groups is 1. The maximum atomic E-state index is 12.2. The molecule has 3 heterocycles. The first-order valence-electron chi connectivity index (χ1n) is 11.3. The molecule has 36 heavy (non-hydrogen) atoms. The van der Waals surface area contributed by atoms with Crippen molar-refractivity contribution in [1.82, 2.24) is 14.4 Å². The van der Waals surface area contributed by atoms with Gasteiger partial charge < -0.3 is 29.4 Å². The van der Waals surface area contributed by atoms with E-state index in [9.17, 15) is 4.79 Å². The molecule has 1 aliphatic carbocycles. The van der Waals surface area contributed by atoms with Crippen LogP contribution >= 0.6 is 25.7 Å². The summed E-state index contributed by atoms with van der Waals surface area (Å²) in [4.78, 5) is 19.9. The largest absolute Gasteiger partial charge is 0.454 e. The van der Waals surface area contributed by atoms with E-state index in [0.717, 1.165) is 58.7 Å². The number of carbonyl (C=O) groups excluding carboxylic acids is 1. The quantitative estimate of drug-likeness (QED) is 0.162. The minimum absolute atomic E-state index is 0. The Morgan fingerprint density at radius 2 is 1.92 bits per heavy atom. The normalized spacial score (nSPS) is 13.9. The molecule has 4 aromatic rings. The highest BCUT2D eigenvalue weighted by Gasteiger charge is 2.30. The third kappa shape index (κ3) is 5.18. The molecule has 3 N–H and O–H groups in total. The van der Waals surface area contributed by atoms with E-state index in [2.05, 4.69) is 20.7 Å². The Morgan fingerprint density at radius 1 is 1.11 bits per heavy atom. The fourth-order valence-corrected chi connectivity index (χ4v) is 4.31. The summed E-state index contributed by atoms with van der Waals surface area (Å²) in [6.07, 6.45) is 3.76. The number of aromatic nitrogens is 2. The molecule has 1 amide bonds. The molecule has 0 unspecified atom stereocenters. The fourth-order valence-electron chi connectivity index (χ4n) is 3.87. The third-order valence-corrected chi connectivity index (χ3v) is 6.38. The van der Waals surface area contributed by atoms with Crippen molar-refractivity contribution in [3.05, 3.63) is 60.8 Å². The first-order valence-corrected chi connectivity index (χ1v) is 12.0. The summed E-state index contributed by atoms with van der Waals surface area (Å²) in [6.45, 7) is 0.231. The topological polar surface area (TPSA) is 101 Å². The summed E-state index contributed by atoms with van der Waals surface area (Å²) < 4.78 is 18.2. The van der Waals surface area contributed by atoms with Crippen LogP contribution in [-0.4, -0.2) is 34.1 Å². The minimum atomic E-state index is 0. The van der Waals surface area contributed by atoms with Crippen molar-refractivity contribution in [3.8, 4) is 28.4 Å². The summed E-state index contributed by atoms with van der Waals surface area (Å²) in [6, 6.07) is 17.4. The van der Waals surface area contributed by atoms with Crippen molar-refractivity contribution >= 4 is 54.2 Å². The molecule has 2 aromatic carbocycles. The summed E-state index contributed by atoms with van der Waals surface area (Å²) in [5, 5.41) is 3.95. The number of aromatic amines is 1. The van der Waals surface area contributed by atoms with E-state index < -0.39 is 0 Å². The molecule has 2 aliphatic rings. The van der Waals surface area contributed by atoms with E-state index in [0.29, 0.717) is 17.3 Å². The number of pyridine rings is 1. The van der Waals surface area contributed by atoms with E-state index in [1.807, 2.05) is 61.8 Å². The molecular weight excluding hydrogens is 498 g/mol. The van der Waals surface area contributed by atoms with Crippen LogP contribution in [-0.2, 0) is 4.79 Å². The second-order valence-corrected chi connectivity index (χ2v) is 9.28. The molecule has 1 aliphatic heterocycles. The summed E-state index contributed by atoms with van der Waals surface area (Å²) in [5.41, 5.74) is 6.94.